The molecule has 0 aliphatic rings. The van der Waals surface area contributed by atoms with Gasteiger partial charge in [0.25, 0.3) is 0 Å². The maximum Gasteiger partial charge on any atom is 0.250 e. The van der Waals surface area contributed by atoms with Crippen LogP contribution in [0.15, 0.2) is 24.5 Å². The minimum absolute atomic E-state index is 0.0697. The third kappa shape index (κ3) is 5.51. The van der Waals surface area contributed by atoms with Crippen molar-refractivity contribution in [3.8, 4) is 11.5 Å². The summed E-state index contributed by atoms with van der Waals surface area (Å²) < 4.78 is 9.39. The molecule has 0 spiro atoms. The van der Waals surface area contributed by atoms with Crippen LogP contribution in [0.25, 0.3) is 12.2 Å². The van der Waals surface area contributed by atoms with E-state index in [2.05, 4.69) is 15.0 Å². The summed E-state index contributed by atoms with van der Waals surface area (Å²) in [6.45, 7) is 4.98. The van der Waals surface area contributed by atoms with Crippen LogP contribution in [-0.4, -0.2) is 28.2 Å². The molecular formula is C16H16Cl3N3O2. The third-order valence-corrected chi connectivity index (χ3v) is 3.30. The minimum atomic E-state index is -1.69. The summed E-state index contributed by atoms with van der Waals surface area (Å²) in [4.78, 5) is 12.0. The standard InChI is InChI=1S/C16H16Cl3N3O2/c1-3-23-12-7-11(8-13(9-12)24-4-2)5-6-14-20-10-21-15(22-14)16(17,18)19/h5-10H,3-4H2,1-2H3. The van der Waals surface area contributed by atoms with Gasteiger partial charge in [-0.25, -0.2) is 15.0 Å². The van der Waals surface area contributed by atoms with Crippen LogP contribution >= 0.6 is 34.8 Å². The molecule has 0 saturated heterocycles. The minimum Gasteiger partial charge on any atom is -0.494 e. The fraction of sp³-hybridized carbons (Fsp3) is 0.312. The maximum absolute atomic E-state index is 5.78. The summed E-state index contributed by atoms with van der Waals surface area (Å²) in [6.07, 6.45) is 4.82. The van der Waals surface area contributed by atoms with Crippen molar-refractivity contribution in [3.63, 3.8) is 0 Å². The van der Waals surface area contributed by atoms with Gasteiger partial charge in [0.2, 0.25) is 3.79 Å². The molecule has 0 N–H and O–H groups in total. The monoisotopic (exact) mass is 387 g/mol. The number of hydrogen-bond donors (Lipinski definition) is 0. The molecule has 2 rings (SSSR count). The van der Waals surface area contributed by atoms with E-state index in [1.807, 2.05) is 38.1 Å². The molecule has 0 bridgehead atoms. The lowest BCUT2D eigenvalue weighted by Gasteiger charge is -2.09. The number of alkyl halides is 3. The third-order valence-electron chi connectivity index (χ3n) is 2.79. The Morgan fingerprint density at radius 3 is 2.12 bits per heavy atom. The first-order valence-corrected chi connectivity index (χ1v) is 8.40. The highest BCUT2D eigenvalue weighted by molar-refractivity contribution is 6.66. The number of aromatic nitrogens is 3. The summed E-state index contributed by atoms with van der Waals surface area (Å²) in [5, 5.41) is 0. The van der Waals surface area contributed by atoms with E-state index in [0.717, 1.165) is 17.1 Å². The number of rotatable bonds is 6. The highest BCUT2D eigenvalue weighted by Crippen LogP contribution is 2.35. The average Bonchev–Trinajstić information content (AvgIpc) is 2.53. The van der Waals surface area contributed by atoms with Crippen molar-refractivity contribution in [3.05, 3.63) is 41.7 Å². The van der Waals surface area contributed by atoms with E-state index in [1.165, 1.54) is 6.33 Å². The van der Waals surface area contributed by atoms with Crippen LogP contribution in [0.1, 0.15) is 31.1 Å². The molecule has 1 aromatic heterocycles. The fourth-order valence-corrected chi connectivity index (χ4v) is 2.16. The smallest absolute Gasteiger partial charge is 0.250 e. The van der Waals surface area contributed by atoms with Gasteiger partial charge in [-0.2, -0.15) is 0 Å². The number of nitrogens with zero attached hydrogens (tertiary/aromatic N) is 3. The number of ether oxygens (including phenoxy) is 2. The van der Waals surface area contributed by atoms with Gasteiger partial charge in [-0.05, 0) is 37.6 Å². The molecule has 5 nitrogen and oxygen atoms in total. The molecule has 1 aromatic carbocycles. The summed E-state index contributed by atoms with van der Waals surface area (Å²) in [5.74, 6) is 1.90. The van der Waals surface area contributed by atoms with E-state index in [1.54, 1.807) is 6.08 Å². The van der Waals surface area contributed by atoms with E-state index in [-0.39, 0.29) is 5.82 Å². The van der Waals surface area contributed by atoms with Crippen LogP contribution in [0, 0.1) is 0 Å². The van der Waals surface area contributed by atoms with Crippen molar-refractivity contribution in [1.82, 2.24) is 15.0 Å². The first kappa shape index (κ1) is 18.8. The molecule has 0 aliphatic carbocycles. The quantitative estimate of drug-likeness (QED) is 0.673. The highest BCUT2D eigenvalue weighted by Gasteiger charge is 2.26. The van der Waals surface area contributed by atoms with Crippen LogP contribution in [0.2, 0.25) is 0 Å². The van der Waals surface area contributed by atoms with Gasteiger partial charge in [-0.3, -0.25) is 0 Å². The second-order valence-electron chi connectivity index (χ2n) is 4.60. The van der Waals surface area contributed by atoms with Gasteiger partial charge in [0.05, 0.1) is 13.2 Å². The predicted molar refractivity (Wildman–Crippen MR) is 96.8 cm³/mol. The second kappa shape index (κ2) is 8.51. The maximum atomic E-state index is 5.78. The lowest BCUT2D eigenvalue weighted by Crippen LogP contribution is -2.08. The summed E-state index contributed by atoms with van der Waals surface area (Å²) in [7, 11) is 0. The lowest BCUT2D eigenvalue weighted by molar-refractivity contribution is 0.323. The molecule has 128 valence electrons. The zero-order valence-corrected chi connectivity index (χ0v) is 15.4. The Kier molecular flexibility index (Phi) is 6.66. The van der Waals surface area contributed by atoms with Gasteiger partial charge in [0.15, 0.2) is 11.6 Å². The number of halogens is 3. The molecule has 0 radical (unpaired) electrons. The Labute approximate surface area is 155 Å². The fourth-order valence-electron chi connectivity index (χ4n) is 1.89. The summed E-state index contributed by atoms with van der Waals surface area (Å²) >= 11 is 17.3. The average molecular weight is 389 g/mol. The van der Waals surface area contributed by atoms with E-state index >= 15 is 0 Å². The Morgan fingerprint density at radius 1 is 0.958 bits per heavy atom. The molecule has 0 amide bonds. The molecule has 8 heteroatoms. The van der Waals surface area contributed by atoms with Crippen molar-refractivity contribution in [1.29, 1.82) is 0 Å². The van der Waals surface area contributed by atoms with Crippen LogP contribution in [0.4, 0.5) is 0 Å². The SMILES string of the molecule is CCOc1cc(C=Cc2ncnc(C(Cl)(Cl)Cl)n2)cc(OCC)c1. The Hall–Kier alpha value is -1.56. The van der Waals surface area contributed by atoms with Gasteiger partial charge in [0, 0.05) is 6.07 Å². The van der Waals surface area contributed by atoms with Gasteiger partial charge in [-0.1, -0.05) is 40.9 Å². The largest absolute Gasteiger partial charge is 0.494 e. The lowest BCUT2D eigenvalue weighted by atomic mass is 10.2. The van der Waals surface area contributed by atoms with Gasteiger partial charge in [-0.15, -0.1) is 0 Å². The molecular weight excluding hydrogens is 373 g/mol. The zero-order valence-electron chi connectivity index (χ0n) is 13.2. The van der Waals surface area contributed by atoms with Crippen molar-refractivity contribution in [2.45, 2.75) is 17.6 Å². The topological polar surface area (TPSA) is 57.1 Å². The van der Waals surface area contributed by atoms with E-state index in [9.17, 15) is 0 Å². The van der Waals surface area contributed by atoms with Crippen LogP contribution in [-0.2, 0) is 3.79 Å². The van der Waals surface area contributed by atoms with Crippen LogP contribution in [0.3, 0.4) is 0 Å². The molecule has 24 heavy (non-hydrogen) atoms. The molecule has 1 heterocycles. The van der Waals surface area contributed by atoms with Crippen molar-refractivity contribution >= 4 is 47.0 Å². The Bertz CT molecular complexity index is 694. The van der Waals surface area contributed by atoms with E-state index < -0.39 is 3.79 Å². The van der Waals surface area contributed by atoms with Crippen LogP contribution in [0.5, 0.6) is 11.5 Å². The predicted octanol–water partition coefficient (Wildman–Crippen LogP) is 4.67. The van der Waals surface area contributed by atoms with Crippen molar-refractivity contribution < 1.29 is 9.47 Å². The molecule has 0 unspecified atom stereocenters. The van der Waals surface area contributed by atoms with Crippen molar-refractivity contribution in [2.24, 2.45) is 0 Å². The first-order valence-electron chi connectivity index (χ1n) is 7.27. The summed E-state index contributed by atoms with van der Waals surface area (Å²) in [6, 6.07) is 5.62. The molecule has 2 aromatic rings. The second-order valence-corrected chi connectivity index (χ2v) is 6.88. The number of hydrogen-bond acceptors (Lipinski definition) is 5. The Balaban J connectivity index is 2.27. The highest BCUT2D eigenvalue weighted by atomic mass is 35.6. The molecule has 0 saturated carbocycles. The molecule has 0 atom stereocenters. The van der Waals surface area contributed by atoms with E-state index in [0.29, 0.717) is 19.0 Å². The Morgan fingerprint density at radius 2 is 1.58 bits per heavy atom. The van der Waals surface area contributed by atoms with E-state index in [4.69, 9.17) is 44.3 Å². The van der Waals surface area contributed by atoms with Gasteiger partial charge < -0.3 is 9.47 Å². The molecule has 0 fully saturated rings. The zero-order chi connectivity index (χ0) is 17.6. The molecule has 0 aliphatic heterocycles. The summed E-state index contributed by atoms with van der Waals surface area (Å²) in [5.41, 5.74) is 0.875. The van der Waals surface area contributed by atoms with Crippen LogP contribution < -0.4 is 9.47 Å². The number of benzene rings is 1. The van der Waals surface area contributed by atoms with Gasteiger partial charge >= 0.3 is 0 Å². The van der Waals surface area contributed by atoms with Crippen molar-refractivity contribution in [2.75, 3.05) is 13.2 Å². The first-order chi connectivity index (χ1) is 11.4. The van der Waals surface area contributed by atoms with Gasteiger partial charge in [0.1, 0.15) is 17.8 Å². The normalized spacial score (nSPS) is 11.7.